The molecule has 192 valence electrons. The Morgan fingerprint density at radius 2 is 1.94 bits per heavy atom. The van der Waals surface area contributed by atoms with Crippen LogP contribution in [0.25, 0.3) is 0 Å². The zero-order valence-electron chi connectivity index (χ0n) is 20.5. The summed E-state index contributed by atoms with van der Waals surface area (Å²) in [5.74, 6) is -0.730. The number of likely N-dealkylation sites (N-methyl/N-ethyl adjacent to an activating group) is 1. The molecule has 2 aliphatic heterocycles. The number of nitrogens with zero attached hydrogens (tertiary/aromatic N) is 5. The number of cyclic esters (lactones) is 1. The quantitative estimate of drug-likeness (QED) is 0.544. The van der Waals surface area contributed by atoms with E-state index in [1.165, 1.54) is 17.0 Å². The van der Waals surface area contributed by atoms with Crippen LogP contribution in [-0.2, 0) is 4.74 Å². The standard InChI is InChI=1S/C25H31F2N7O2/c1-17(31-23-15-29-6-7-30-23)4-5-18(2)32-8-10-33(11-9-32)24-21(26)12-19(13-22(24)27)34-16-20(14-28-3)36-25(34)35/h4,6-7,12-13,15,20,28H,2,5,8-11,14,16H2,1,3H3,(H,30,31)/b17-4+. The maximum absolute atomic E-state index is 15.0. The van der Waals surface area contributed by atoms with E-state index in [4.69, 9.17) is 4.74 Å². The SMILES string of the molecule is C=C(C/C=C(\C)Nc1cnccn1)N1CCN(c2c(F)cc(N3CC(CNC)OC3=O)cc2F)CC1. The number of amides is 1. The number of aromatic nitrogens is 2. The molecule has 2 aromatic rings. The largest absolute Gasteiger partial charge is 0.443 e. The fraction of sp³-hybridized carbons (Fsp3) is 0.400. The van der Waals surface area contributed by atoms with Gasteiger partial charge in [0.2, 0.25) is 0 Å². The van der Waals surface area contributed by atoms with Crippen molar-refractivity contribution in [2.45, 2.75) is 19.4 Å². The van der Waals surface area contributed by atoms with Crippen LogP contribution in [0.1, 0.15) is 13.3 Å². The normalized spacial score (nSPS) is 18.4. The molecule has 2 saturated heterocycles. The Morgan fingerprint density at radius 3 is 2.58 bits per heavy atom. The number of anilines is 3. The second kappa shape index (κ2) is 11.3. The van der Waals surface area contributed by atoms with Gasteiger partial charge in [-0.3, -0.25) is 9.88 Å². The van der Waals surface area contributed by atoms with Gasteiger partial charge >= 0.3 is 6.09 Å². The van der Waals surface area contributed by atoms with Crippen molar-refractivity contribution in [1.82, 2.24) is 20.2 Å². The highest BCUT2D eigenvalue weighted by molar-refractivity contribution is 5.90. The van der Waals surface area contributed by atoms with Gasteiger partial charge in [0.05, 0.1) is 18.4 Å². The number of piperazine rings is 1. The molecule has 1 aromatic carbocycles. The van der Waals surface area contributed by atoms with E-state index in [-0.39, 0.29) is 24.0 Å². The minimum Gasteiger partial charge on any atom is -0.443 e. The first-order valence-electron chi connectivity index (χ1n) is 11.8. The van der Waals surface area contributed by atoms with Gasteiger partial charge in [0.15, 0.2) is 11.6 Å². The molecule has 1 unspecified atom stereocenters. The number of benzene rings is 1. The molecule has 2 N–H and O–H groups in total. The number of carbonyl (C=O) groups is 1. The molecule has 0 spiro atoms. The number of halogens is 2. The van der Waals surface area contributed by atoms with Crippen molar-refractivity contribution in [1.29, 1.82) is 0 Å². The summed E-state index contributed by atoms with van der Waals surface area (Å²) in [6, 6.07) is 2.40. The van der Waals surface area contributed by atoms with Gasteiger partial charge < -0.3 is 25.2 Å². The third-order valence-corrected chi connectivity index (χ3v) is 6.19. The van der Waals surface area contributed by atoms with E-state index in [1.807, 2.05) is 13.0 Å². The molecule has 2 aliphatic rings. The maximum atomic E-state index is 15.0. The Bertz CT molecular complexity index is 1100. The van der Waals surface area contributed by atoms with Gasteiger partial charge in [-0.25, -0.2) is 18.6 Å². The minimum atomic E-state index is -0.698. The van der Waals surface area contributed by atoms with Crippen molar-refractivity contribution in [3.63, 3.8) is 0 Å². The van der Waals surface area contributed by atoms with Crippen LogP contribution in [0.5, 0.6) is 0 Å². The van der Waals surface area contributed by atoms with Gasteiger partial charge in [0.25, 0.3) is 0 Å². The van der Waals surface area contributed by atoms with Crippen molar-refractivity contribution in [2.24, 2.45) is 0 Å². The summed E-state index contributed by atoms with van der Waals surface area (Å²) in [5.41, 5.74) is 1.93. The summed E-state index contributed by atoms with van der Waals surface area (Å²) in [5, 5.41) is 6.11. The zero-order chi connectivity index (χ0) is 25.7. The van der Waals surface area contributed by atoms with Crippen LogP contribution in [0.3, 0.4) is 0 Å². The molecular formula is C25H31F2N7O2. The molecule has 0 saturated carbocycles. The lowest BCUT2D eigenvalue weighted by Crippen LogP contribution is -2.46. The minimum absolute atomic E-state index is 0.0766. The van der Waals surface area contributed by atoms with Crippen LogP contribution in [0.4, 0.5) is 30.8 Å². The fourth-order valence-corrected chi connectivity index (χ4v) is 4.34. The average molecular weight is 500 g/mol. The van der Waals surface area contributed by atoms with Gasteiger partial charge in [0.1, 0.15) is 17.6 Å². The molecule has 0 radical (unpaired) electrons. The first kappa shape index (κ1) is 25.4. The molecule has 11 heteroatoms. The Kier molecular flexibility index (Phi) is 7.99. The predicted molar refractivity (Wildman–Crippen MR) is 135 cm³/mol. The van der Waals surface area contributed by atoms with Crippen molar-refractivity contribution >= 4 is 23.3 Å². The lowest BCUT2D eigenvalue weighted by Gasteiger charge is -2.38. The first-order valence-corrected chi connectivity index (χ1v) is 11.8. The Morgan fingerprint density at radius 1 is 1.22 bits per heavy atom. The summed E-state index contributed by atoms with van der Waals surface area (Å²) >= 11 is 0. The maximum Gasteiger partial charge on any atom is 0.414 e. The van der Waals surface area contributed by atoms with Crippen molar-refractivity contribution < 1.29 is 18.3 Å². The van der Waals surface area contributed by atoms with Gasteiger partial charge in [-0.2, -0.15) is 0 Å². The van der Waals surface area contributed by atoms with Gasteiger partial charge in [-0.15, -0.1) is 0 Å². The molecule has 1 atom stereocenters. The van der Waals surface area contributed by atoms with E-state index in [0.717, 1.165) is 11.4 Å². The van der Waals surface area contributed by atoms with E-state index >= 15 is 8.78 Å². The van der Waals surface area contributed by atoms with Crippen molar-refractivity contribution in [2.75, 3.05) is 61.4 Å². The first-order chi connectivity index (χ1) is 17.4. The molecule has 0 aliphatic carbocycles. The average Bonchev–Trinajstić information content (AvgIpc) is 3.23. The lowest BCUT2D eigenvalue weighted by molar-refractivity contribution is 0.141. The summed E-state index contributed by atoms with van der Waals surface area (Å²) in [6.07, 6.45) is 6.56. The summed E-state index contributed by atoms with van der Waals surface area (Å²) in [7, 11) is 1.75. The highest BCUT2D eigenvalue weighted by atomic mass is 19.1. The third-order valence-electron chi connectivity index (χ3n) is 6.19. The number of rotatable bonds is 9. The van der Waals surface area contributed by atoms with E-state index in [1.54, 1.807) is 30.5 Å². The van der Waals surface area contributed by atoms with E-state index in [0.29, 0.717) is 45.0 Å². The molecule has 36 heavy (non-hydrogen) atoms. The zero-order valence-corrected chi connectivity index (χ0v) is 20.5. The number of allylic oxidation sites excluding steroid dienone is 2. The van der Waals surface area contributed by atoms with E-state index < -0.39 is 17.7 Å². The van der Waals surface area contributed by atoms with E-state index in [9.17, 15) is 4.79 Å². The third kappa shape index (κ3) is 5.91. The molecule has 0 bridgehead atoms. The number of hydrogen-bond acceptors (Lipinski definition) is 8. The van der Waals surface area contributed by atoms with Crippen LogP contribution in [0.2, 0.25) is 0 Å². The molecule has 3 heterocycles. The van der Waals surface area contributed by atoms with Crippen LogP contribution < -0.4 is 20.4 Å². The molecule has 9 nitrogen and oxygen atoms in total. The smallest absolute Gasteiger partial charge is 0.414 e. The molecule has 1 aromatic heterocycles. The van der Waals surface area contributed by atoms with Crippen molar-refractivity contribution in [3.05, 3.63) is 66.4 Å². The second-order valence-corrected chi connectivity index (χ2v) is 8.78. The van der Waals surface area contributed by atoms with Crippen LogP contribution >= 0.6 is 0 Å². The van der Waals surface area contributed by atoms with Crippen LogP contribution in [-0.4, -0.2) is 73.4 Å². The van der Waals surface area contributed by atoms with Crippen LogP contribution in [0, 0.1) is 11.6 Å². The topological polar surface area (TPSA) is 85.9 Å². The van der Waals surface area contributed by atoms with Gasteiger partial charge in [-0.05, 0) is 14.0 Å². The van der Waals surface area contributed by atoms with Gasteiger partial charge in [0, 0.05) is 75.1 Å². The van der Waals surface area contributed by atoms with E-state index in [2.05, 4.69) is 32.1 Å². The summed E-state index contributed by atoms with van der Waals surface area (Å²) < 4.78 is 35.3. The number of carbonyl (C=O) groups excluding carboxylic acids is 1. The van der Waals surface area contributed by atoms with Crippen molar-refractivity contribution in [3.8, 4) is 0 Å². The van der Waals surface area contributed by atoms with Crippen LogP contribution in [0.15, 0.2) is 54.8 Å². The summed E-state index contributed by atoms with van der Waals surface area (Å²) in [6.45, 7) is 8.90. The predicted octanol–water partition coefficient (Wildman–Crippen LogP) is 3.34. The molecular weight excluding hydrogens is 468 g/mol. The molecule has 2 fully saturated rings. The monoisotopic (exact) mass is 499 g/mol. The second-order valence-electron chi connectivity index (χ2n) is 8.78. The highest BCUT2D eigenvalue weighted by Gasteiger charge is 2.33. The fourth-order valence-electron chi connectivity index (χ4n) is 4.34. The molecule has 4 rings (SSSR count). The Balaban J connectivity index is 1.33. The number of hydrogen-bond donors (Lipinski definition) is 2. The Labute approximate surface area is 209 Å². The number of ether oxygens (including phenoxy) is 1. The number of nitrogens with one attached hydrogen (secondary N) is 2. The molecule has 1 amide bonds. The van der Waals surface area contributed by atoms with Gasteiger partial charge in [-0.1, -0.05) is 12.7 Å². The highest BCUT2D eigenvalue weighted by Crippen LogP contribution is 2.32. The Hall–Kier alpha value is -3.73. The summed E-state index contributed by atoms with van der Waals surface area (Å²) in [4.78, 5) is 25.4. The lowest BCUT2D eigenvalue weighted by atomic mass is 10.1.